The maximum atomic E-state index is 13.4. The lowest BCUT2D eigenvalue weighted by Gasteiger charge is -2.21. The molecule has 37 heavy (non-hydrogen) atoms. The van der Waals surface area contributed by atoms with Gasteiger partial charge in [-0.15, -0.1) is 0 Å². The average Bonchev–Trinajstić information content (AvgIpc) is 2.84. The molecule has 192 valence electrons. The first-order valence-corrected chi connectivity index (χ1v) is 12.8. The molecule has 0 aliphatic carbocycles. The number of hydrogen-bond donors (Lipinski definition) is 0. The molecule has 0 amide bonds. The summed E-state index contributed by atoms with van der Waals surface area (Å²) in [6.07, 6.45) is 1.54. The molecule has 0 aliphatic heterocycles. The van der Waals surface area contributed by atoms with Crippen molar-refractivity contribution in [2.24, 2.45) is 5.10 Å². The van der Waals surface area contributed by atoms with Crippen LogP contribution in [0.2, 0.25) is 5.02 Å². The third kappa shape index (κ3) is 6.19. The maximum Gasteiger partial charge on any atom is 0.282 e. The molecule has 1 aromatic heterocycles. The van der Waals surface area contributed by atoms with Crippen LogP contribution in [0.4, 0.5) is 4.39 Å². The van der Waals surface area contributed by atoms with Gasteiger partial charge in [-0.1, -0.05) is 60.4 Å². The Kier molecular flexibility index (Phi) is 7.99. The van der Waals surface area contributed by atoms with Crippen molar-refractivity contribution in [3.05, 3.63) is 97.2 Å². The number of fused-ring (bicyclic) bond motifs is 1. The van der Waals surface area contributed by atoms with Gasteiger partial charge >= 0.3 is 0 Å². The summed E-state index contributed by atoms with van der Waals surface area (Å²) in [6.45, 7) is 8.36. The third-order valence-electron chi connectivity index (χ3n) is 5.43. The monoisotopic (exact) mass is 585 g/mol. The van der Waals surface area contributed by atoms with E-state index < -0.39 is 5.41 Å². The standard InChI is InChI=1S/C28H26BrClFN3O3/c1-5-36-24-13-18(12-22(30)25(24)37-16-17-6-9-20(31)10-7-17)15-32-34-26(35)21-14-19(29)8-11-23(21)33-27(34)28(2,3)4/h6-15H,5,16H2,1-4H3. The van der Waals surface area contributed by atoms with E-state index in [4.69, 9.17) is 26.1 Å². The summed E-state index contributed by atoms with van der Waals surface area (Å²) in [7, 11) is 0. The fourth-order valence-electron chi connectivity index (χ4n) is 3.67. The second kappa shape index (κ2) is 11.0. The first-order valence-electron chi connectivity index (χ1n) is 11.7. The van der Waals surface area contributed by atoms with Crippen LogP contribution in [0.3, 0.4) is 0 Å². The van der Waals surface area contributed by atoms with E-state index in [1.807, 2.05) is 39.8 Å². The molecule has 0 radical (unpaired) electrons. The second-order valence-corrected chi connectivity index (χ2v) is 10.7. The number of ether oxygens (including phenoxy) is 2. The molecule has 0 aliphatic rings. The van der Waals surface area contributed by atoms with Gasteiger partial charge in [0.1, 0.15) is 18.2 Å². The van der Waals surface area contributed by atoms with Gasteiger partial charge in [0, 0.05) is 9.89 Å². The van der Waals surface area contributed by atoms with Gasteiger partial charge in [-0.2, -0.15) is 9.78 Å². The fourth-order valence-corrected chi connectivity index (χ4v) is 4.30. The van der Waals surface area contributed by atoms with Crippen LogP contribution < -0.4 is 15.0 Å². The van der Waals surface area contributed by atoms with Crippen LogP contribution in [-0.4, -0.2) is 22.5 Å². The topological polar surface area (TPSA) is 65.7 Å². The highest BCUT2D eigenvalue weighted by molar-refractivity contribution is 9.10. The van der Waals surface area contributed by atoms with Gasteiger partial charge in [-0.05, 0) is 60.5 Å². The Morgan fingerprint density at radius 3 is 2.51 bits per heavy atom. The molecule has 0 bridgehead atoms. The number of halogens is 3. The smallest absolute Gasteiger partial charge is 0.282 e. The van der Waals surface area contributed by atoms with E-state index in [9.17, 15) is 9.18 Å². The summed E-state index contributed by atoms with van der Waals surface area (Å²) in [5, 5.41) is 5.28. The van der Waals surface area contributed by atoms with Crippen molar-refractivity contribution in [2.45, 2.75) is 39.7 Å². The highest BCUT2D eigenvalue weighted by atomic mass is 79.9. The highest BCUT2D eigenvalue weighted by Gasteiger charge is 2.23. The van der Waals surface area contributed by atoms with Crippen LogP contribution in [0.1, 0.15) is 44.6 Å². The van der Waals surface area contributed by atoms with Crippen LogP contribution in [0.5, 0.6) is 11.5 Å². The van der Waals surface area contributed by atoms with Crippen molar-refractivity contribution in [2.75, 3.05) is 6.61 Å². The lowest BCUT2D eigenvalue weighted by molar-refractivity contribution is 0.269. The Labute approximate surface area is 227 Å². The summed E-state index contributed by atoms with van der Waals surface area (Å²) in [5.41, 5.74) is 1.29. The molecule has 4 rings (SSSR count). The van der Waals surface area contributed by atoms with Gasteiger partial charge in [-0.3, -0.25) is 4.79 Å². The molecule has 0 saturated heterocycles. The van der Waals surface area contributed by atoms with Crippen LogP contribution in [0.15, 0.2) is 69.0 Å². The zero-order chi connectivity index (χ0) is 26.7. The second-order valence-electron chi connectivity index (χ2n) is 9.39. The summed E-state index contributed by atoms with van der Waals surface area (Å²) >= 11 is 9.98. The fraction of sp³-hybridized carbons (Fsp3) is 0.250. The molecule has 0 N–H and O–H groups in total. The molecular weight excluding hydrogens is 561 g/mol. The lowest BCUT2D eigenvalue weighted by Crippen LogP contribution is -2.29. The van der Waals surface area contributed by atoms with Gasteiger partial charge in [-0.25, -0.2) is 9.37 Å². The van der Waals surface area contributed by atoms with Gasteiger partial charge < -0.3 is 9.47 Å². The van der Waals surface area contributed by atoms with Crippen LogP contribution in [-0.2, 0) is 12.0 Å². The van der Waals surface area contributed by atoms with E-state index in [2.05, 4.69) is 21.0 Å². The summed E-state index contributed by atoms with van der Waals surface area (Å²) in [6, 6.07) is 14.9. The van der Waals surface area contributed by atoms with E-state index >= 15 is 0 Å². The largest absolute Gasteiger partial charge is 0.490 e. The van der Waals surface area contributed by atoms with E-state index in [-0.39, 0.29) is 18.0 Å². The number of benzene rings is 3. The minimum atomic E-state index is -0.441. The van der Waals surface area contributed by atoms with E-state index in [1.54, 1.807) is 36.5 Å². The molecular formula is C28H26BrClFN3O3. The SMILES string of the molecule is CCOc1cc(C=Nn2c(C(C)(C)C)nc3ccc(Br)cc3c2=O)cc(Cl)c1OCc1ccc(F)cc1. The quantitative estimate of drug-likeness (QED) is 0.217. The van der Waals surface area contributed by atoms with E-state index in [0.717, 1.165) is 10.0 Å². The molecule has 0 unspecified atom stereocenters. The van der Waals surface area contributed by atoms with Crippen molar-refractivity contribution >= 4 is 44.6 Å². The van der Waals surface area contributed by atoms with E-state index in [0.29, 0.717) is 45.4 Å². The maximum absolute atomic E-state index is 13.4. The van der Waals surface area contributed by atoms with Crippen molar-refractivity contribution in [1.82, 2.24) is 9.66 Å². The van der Waals surface area contributed by atoms with E-state index in [1.165, 1.54) is 16.8 Å². The minimum absolute atomic E-state index is 0.191. The van der Waals surface area contributed by atoms with Crippen LogP contribution in [0, 0.1) is 5.82 Å². The van der Waals surface area contributed by atoms with Crippen molar-refractivity contribution in [3.63, 3.8) is 0 Å². The molecule has 9 heteroatoms. The zero-order valence-electron chi connectivity index (χ0n) is 20.9. The Morgan fingerprint density at radius 2 is 1.84 bits per heavy atom. The first kappa shape index (κ1) is 26.8. The summed E-state index contributed by atoms with van der Waals surface area (Å²) in [4.78, 5) is 18.1. The highest BCUT2D eigenvalue weighted by Crippen LogP contribution is 2.37. The molecule has 0 saturated carbocycles. The normalized spacial score (nSPS) is 11.9. The van der Waals surface area contributed by atoms with Gasteiger partial charge in [0.2, 0.25) is 0 Å². The molecule has 0 atom stereocenters. The number of hydrogen-bond acceptors (Lipinski definition) is 5. The molecule has 0 spiro atoms. The molecule has 4 aromatic rings. The van der Waals surface area contributed by atoms with Gasteiger partial charge in [0.05, 0.1) is 28.7 Å². The molecule has 1 heterocycles. The molecule has 6 nitrogen and oxygen atoms in total. The first-order chi connectivity index (χ1) is 17.6. The van der Waals surface area contributed by atoms with Crippen molar-refractivity contribution < 1.29 is 13.9 Å². The Balaban J connectivity index is 1.72. The zero-order valence-corrected chi connectivity index (χ0v) is 23.2. The number of rotatable bonds is 7. The Hall–Kier alpha value is -3.23. The van der Waals surface area contributed by atoms with Crippen molar-refractivity contribution in [3.8, 4) is 11.5 Å². The summed E-state index contributed by atoms with van der Waals surface area (Å²) < 4.78 is 27.0. The predicted octanol–water partition coefficient (Wildman–Crippen LogP) is 7.11. The average molecular weight is 587 g/mol. The third-order valence-corrected chi connectivity index (χ3v) is 6.20. The van der Waals surface area contributed by atoms with Crippen LogP contribution >= 0.6 is 27.5 Å². The Morgan fingerprint density at radius 1 is 1.11 bits per heavy atom. The number of aromatic nitrogens is 2. The molecule has 0 fully saturated rings. The van der Waals surface area contributed by atoms with Crippen LogP contribution in [0.25, 0.3) is 10.9 Å². The van der Waals surface area contributed by atoms with Gasteiger partial charge in [0.15, 0.2) is 11.5 Å². The van der Waals surface area contributed by atoms with Gasteiger partial charge in [0.25, 0.3) is 5.56 Å². The number of nitrogens with zero attached hydrogens (tertiary/aromatic N) is 3. The molecule has 3 aromatic carbocycles. The van der Waals surface area contributed by atoms with Crippen molar-refractivity contribution in [1.29, 1.82) is 0 Å². The predicted molar refractivity (Wildman–Crippen MR) is 149 cm³/mol. The summed E-state index contributed by atoms with van der Waals surface area (Å²) in [5.74, 6) is 1.01. The Bertz CT molecular complexity index is 1530. The minimum Gasteiger partial charge on any atom is -0.490 e. The lowest BCUT2D eigenvalue weighted by atomic mass is 9.95.